The van der Waals surface area contributed by atoms with Crippen LogP contribution in [0.2, 0.25) is 0 Å². The van der Waals surface area contributed by atoms with Crippen LogP contribution in [0.25, 0.3) is 11.0 Å². The maximum atomic E-state index is 11.7. The van der Waals surface area contributed by atoms with Gasteiger partial charge in [-0.1, -0.05) is 51.6 Å². The van der Waals surface area contributed by atoms with Crippen molar-refractivity contribution in [2.45, 2.75) is 46.1 Å². The standard InChI is InChI=1S/C25H31N3O2/c1-18(2)24(29)26-15-14-23-27-21-8-6-7-9-22(21)28(23)16-17-30-20-12-10-19(11-13-20)25(3,4)5/h6-13H,1,14-17H2,2-5H3,(H,26,29). The molecule has 1 aromatic heterocycles. The van der Waals surface area contributed by atoms with Gasteiger partial charge in [-0.3, -0.25) is 4.79 Å². The van der Waals surface area contributed by atoms with Crippen LogP contribution >= 0.6 is 0 Å². The van der Waals surface area contributed by atoms with Gasteiger partial charge in [-0.15, -0.1) is 0 Å². The summed E-state index contributed by atoms with van der Waals surface area (Å²) in [6.45, 7) is 13.7. The van der Waals surface area contributed by atoms with Crippen molar-refractivity contribution in [3.63, 3.8) is 0 Å². The molecule has 158 valence electrons. The lowest BCUT2D eigenvalue weighted by Gasteiger charge is -2.19. The van der Waals surface area contributed by atoms with Crippen molar-refractivity contribution in [1.82, 2.24) is 14.9 Å². The van der Waals surface area contributed by atoms with Crippen molar-refractivity contribution in [2.75, 3.05) is 13.2 Å². The summed E-state index contributed by atoms with van der Waals surface area (Å²) in [5, 5.41) is 2.88. The topological polar surface area (TPSA) is 56.2 Å². The molecule has 0 saturated heterocycles. The van der Waals surface area contributed by atoms with Gasteiger partial charge in [0.15, 0.2) is 0 Å². The number of aromatic nitrogens is 2. The molecule has 0 aliphatic carbocycles. The van der Waals surface area contributed by atoms with Crippen LogP contribution in [-0.4, -0.2) is 28.6 Å². The minimum Gasteiger partial charge on any atom is -0.492 e. The number of fused-ring (bicyclic) bond motifs is 1. The Morgan fingerprint density at radius 3 is 2.50 bits per heavy atom. The lowest BCUT2D eigenvalue weighted by Crippen LogP contribution is -2.27. The highest BCUT2D eigenvalue weighted by Gasteiger charge is 2.14. The molecule has 0 atom stereocenters. The zero-order chi connectivity index (χ0) is 21.7. The molecule has 0 fully saturated rings. The van der Waals surface area contributed by atoms with Crippen LogP contribution in [0.15, 0.2) is 60.7 Å². The third-order valence-corrected chi connectivity index (χ3v) is 5.06. The van der Waals surface area contributed by atoms with Crippen molar-refractivity contribution in [2.24, 2.45) is 0 Å². The summed E-state index contributed by atoms with van der Waals surface area (Å²) in [5.41, 5.74) is 3.95. The summed E-state index contributed by atoms with van der Waals surface area (Å²) < 4.78 is 8.17. The molecular weight excluding hydrogens is 374 g/mol. The highest BCUT2D eigenvalue weighted by Crippen LogP contribution is 2.24. The Kier molecular flexibility index (Phi) is 6.60. The molecule has 1 N–H and O–H groups in total. The molecule has 3 aromatic rings. The van der Waals surface area contributed by atoms with Crippen molar-refractivity contribution in [1.29, 1.82) is 0 Å². The van der Waals surface area contributed by atoms with Crippen LogP contribution in [0.3, 0.4) is 0 Å². The van der Waals surface area contributed by atoms with E-state index in [1.165, 1.54) is 5.56 Å². The summed E-state index contributed by atoms with van der Waals surface area (Å²) in [5.74, 6) is 1.67. The fourth-order valence-electron chi connectivity index (χ4n) is 3.31. The largest absolute Gasteiger partial charge is 0.492 e. The van der Waals surface area contributed by atoms with Crippen LogP contribution in [-0.2, 0) is 23.2 Å². The Hall–Kier alpha value is -3.08. The van der Waals surface area contributed by atoms with Crippen molar-refractivity contribution >= 4 is 16.9 Å². The predicted molar refractivity (Wildman–Crippen MR) is 122 cm³/mol. The molecule has 0 radical (unpaired) electrons. The van der Waals surface area contributed by atoms with E-state index in [9.17, 15) is 4.79 Å². The predicted octanol–water partition coefficient (Wildman–Crippen LogP) is 4.65. The van der Waals surface area contributed by atoms with Crippen LogP contribution < -0.4 is 10.1 Å². The zero-order valence-corrected chi connectivity index (χ0v) is 18.4. The number of nitrogens with zero attached hydrogens (tertiary/aromatic N) is 2. The molecule has 0 saturated carbocycles. The Morgan fingerprint density at radius 1 is 1.13 bits per heavy atom. The van der Waals surface area contributed by atoms with Gasteiger partial charge in [0.05, 0.1) is 17.6 Å². The minimum absolute atomic E-state index is 0.125. The van der Waals surface area contributed by atoms with Crippen molar-refractivity contribution in [3.8, 4) is 5.75 Å². The Bertz CT molecular complexity index is 1030. The number of hydrogen-bond acceptors (Lipinski definition) is 3. The van der Waals surface area contributed by atoms with Gasteiger partial charge in [0.1, 0.15) is 18.2 Å². The fourth-order valence-corrected chi connectivity index (χ4v) is 3.31. The summed E-state index contributed by atoms with van der Waals surface area (Å²) >= 11 is 0. The maximum absolute atomic E-state index is 11.7. The van der Waals surface area contributed by atoms with Gasteiger partial charge in [-0.05, 0) is 42.2 Å². The van der Waals surface area contributed by atoms with Crippen molar-refractivity contribution < 1.29 is 9.53 Å². The van der Waals surface area contributed by atoms with E-state index < -0.39 is 0 Å². The molecule has 0 bridgehead atoms. The molecule has 1 amide bonds. The molecule has 5 nitrogen and oxygen atoms in total. The van der Waals surface area contributed by atoms with Gasteiger partial charge in [0.2, 0.25) is 5.91 Å². The maximum Gasteiger partial charge on any atom is 0.246 e. The van der Waals surface area contributed by atoms with E-state index in [4.69, 9.17) is 9.72 Å². The number of imidazole rings is 1. The normalized spacial score (nSPS) is 11.5. The molecule has 0 aliphatic heterocycles. The second kappa shape index (κ2) is 9.16. The van der Waals surface area contributed by atoms with Gasteiger partial charge in [-0.2, -0.15) is 0 Å². The molecular formula is C25H31N3O2. The van der Waals surface area contributed by atoms with E-state index in [1.54, 1.807) is 6.92 Å². The number of rotatable bonds is 8. The lowest BCUT2D eigenvalue weighted by molar-refractivity contribution is -0.117. The van der Waals surface area contributed by atoms with Gasteiger partial charge < -0.3 is 14.6 Å². The molecule has 1 heterocycles. The number of ether oxygens (including phenoxy) is 1. The first kappa shape index (κ1) is 21.6. The van der Waals surface area contributed by atoms with E-state index >= 15 is 0 Å². The first-order valence-corrected chi connectivity index (χ1v) is 10.4. The molecule has 2 aromatic carbocycles. The number of benzene rings is 2. The third-order valence-electron chi connectivity index (χ3n) is 5.06. The SMILES string of the molecule is C=C(C)C(=O)NCCc1nc2ccccc2n1CCOc1ccc(C(C)(C)C)cc1. The van der Waals surface area contributed by atoms with Gasteiger partial charge in [-0.25, -0.2) is 4.98 Å². The van der Waals surface area contributed by atoms with Gasteiger partial charge >= 0.3 is 0 Å². The molecule has 5 heteroatoms. The Labute approximate surface area is 178 Å². The fraction of sp³-hybridized carbons (Fsp3) is 0.360. The summed E-state index contributed by atoms with van der Waals surface area (Å²) in [4.78, 5) is 16.5. The lowest BCUT2D eigenvalue weighted by atomic mass is 9.87. The molecule has 0 aliphatic rings. The number of hydrogen-bond donors (Lipinski definition) is 1. The molecule has 0 spiro atoms. The van der Waals surface area contributed by atoms with E-state index in [-0.39, 0.29) is 11.3 Å². The van der Waals surface area contributed by atoms with Gasteiger partial charge in [0, 0.05) is 18.5 Å². The number of para-hydroxylation sites is 2. The molecule has 30 heavy (non-hydrogen) atoms. The average molecular weight is 406 g/mol. The van der Waals surface area contributed by atoms with E-state index in [0.717, 1.165) is 22.6 Å². The van der Waals surface area contributed by atoms with Crippen LogP contribution in [0.4, 0.5) is 0 Å². The van der Waals surface area contributed by atoms with Crippen LogP contribution in [0.1, 0.15) is 39.1 Å². The van der Waals surface area contributed by atoms with Crippen molar-refractivity contribution in [3.05, 3.63) is 72.1 Å². The monoisotopic (exact) mass is 405 g/mol. The molecule has 3 rings (SSSR count). The summed E-state index contributed by atoms with van der Waals surface area (Å²) in [6, 6.07) is 16.4. The minimum atomic E-state index is -0.125. The second-order valence-corrected chi connectivity index (χ2v) is 8.58. The zero-order valence-electron chi connectivity index (χ0n) is 18.4. The summed E-state index contributed by atoms with van der Waals surface area (Å²) in [7, 11) is 0. The number of amides is 1. The first-order valence-electron chi connectivity index (χ1n) is 10.4. The number of carbonyl (C=O) groups excluding carboxylic acids is 1. The van der Waals surface area contributed by atoms with Crippen LogP contribution in [0.5, 0.6) is 5.75 Å². The quantitative estimate of drug-likeness (QED) is 0.555. The Morgan fingerprint density at radius 2 is 1.83 bits per heavy atom. The highest BCUT2D eigenvalue weighted by atomic mass is 16.5. The number of carbonyl (C=O) groups is 1. The molecule has 0 unspecified atom stereocenters. The Balaban J connectivity index is 1.67. The smallest absolute Gasteiger partial charge is 0.246 e. The third kappa shape index (κ3) is 5.29. The van der Waals surface area contributed by atoms with E-state index in [0.29, 0.717) is 31.7 Å². The number of nitrogens with one attached hydrogen (secondary N) is 1. The van der Waals surface area contributed by atoms with Crippen LogP contribution in [0, 0.1) is 0 Å². The second-order valence-electron chi connectivity index (χ2n) is 8.58. The summed E-state index contributed by atoms with van der Waals surface area (Å²) in [6.07, 6.45) is 0.647. The highest BCUT2D eigenvalue weighted by molar-refractivity contribution is 5.92. The van der Waals surface area contributed by atoms with E-state index in [2.05, 4.69) is 55.4 Å². The van der Waals surface area contributed by atoms with Gasteiger partial charge in [0.25, 0.3) is 0 Å². The first-order chi connectivity index (χ1) is 14.3. The average Bonchev–Trinajstić information content (AvgIpc) is 3.05. The van der Waals surface area contributed by atoms with E-state index in [1.807, 2.05) is 30.3 Å².